The number of carbonyl (C=O) groups is 1. The van der Waals surface area contributed by atoms with Crippen molar-refractivity contribution in [3.8, 4) is 0 Å². The van der Waals surface area contributed by atoms with Gasteiger partial charge in [0.15, 0.2) is 11.4 Å². The summed E-state index contributed by atoms with van der Waals surface area (Å²) in [5.74, 6) is 0. The molecule has 0 saturated heterocycles. The maximum absolute atomic E-state index is 10.4. The summed E-state index contributed by atoms with van der Waals surface area (Å²) in [6.45, 7) is 0. The Hall–Kier alpha value is -1.36. The molecule has 0 radical (unpaired) electrons. The molecule has 0 aliphatic carbocycles. The molecule has 1 rings (SSSR count). The summed E-state index contributed by atoms with van der Waals surface area (Å²) < 4.78 is 0. The second-order valence-electron chi connectivity index (χ2n) is 2.13. The van der Waals surface area contributed by atoms with E-state index in [1.807, 2.05) is 6.26 Å². The molecule has 0 unspecified atom stereocenters. The fraction of sp³-hybridized carbons (Fsp3) is 0.125. The van der Waals surface area contributed by atoms with Crippen LogP contribution in [0.5, 0.6) is 0 Å². The van der Waals surface area contributed by atoms with E-state index in [4.69, 9.17) is 5.11 Å². The Labute approximate surface area is 79.7 Å². The molecule has 13 heavy (non-hydrogen) atoms. The summed E-state index contributed by atoms with van der Waals surface area (Å²) in [6.07, 6.45) is 4.66. The van der Waals surface area contributed by atoms with Crippen LogP contribution in [0.1, 0.15) is 5.69 Å². The highest BCUT2D eigenvalue weighted by molar-refractivity contribution is 7.98. The van der Waals surface area contributed by atoms with Crippen molar-refractivity contribution in [2.45, 2.75) is 5.16 Å². The first-order chi connectivity index (χ1) is 6.31. The first kappa shape index (κ1) is 9.73. The fourth-order valence-corrected chi connectivity index (χ4v) is 1.11. The van der Waals surface area contributed by atoms with Crippen LogP contribution < -0.4 is 0 Å². The number of carbonyl (C=O) groups excluding carboxylic acids is 1. The number of aldehydes is 1. The number of nitrogens with zero attached hydrogens (tertiary/aromatic N) is 2. The van der Waals surface area contributed by atoms with Crippen molar-refractivity contribution in [1.29, 1.82) is 0 Å². The van der Waals surface area contributed by atoms with E-state index in [1.165, 1.54) is 11.8 Å². The molecule has 0 fully saturated rings. The van der Waals surface area contributed by atoms with E-state index in [0.29, 0.717) is 17.1 Å². The van der Waals surface area contributed by atoms with Crippen LogP contribution in [0.3, 0.4) is 0 Å². The first-order valence-corrected chi connectivity index (χ1v) is 4.71. The number of aromatic nitrogens is 2. The number of thioether (sulfide) groups is 1. The smallest absolute Gasteiger partial charge is 0.187 e. The third kappa shape index (κ3) is 2.29. The zero-order valence-electron chi connectivity index (χ0n) is 6.97. The summed E-state index contributed by atoms with van der Waals surface area (Å²) in [5.41, 5.74) is 0.578. The Morgan fingerprint density at radius 1 is 1.69 bits per heavy atom. The molecule has 1 aromatic heterocycles. The number of aliphatic hydroxyl groups excluding tert-OH is 1. The fourth-order valence-electron chi connectivity index (χ4n) is 0.757. The highest BCUT2D eigenvalue weighted by Crippen LogP contribution is 2.12. The van der Waals surface area contributed by atoms with Crippen LogP contribution in [-0.4, -0.2) is 27.6 Å². The molecule has 0 aliphatic rings. The van der Waals surface area contributed by atoms with Crippen molar-refractivity contribution in [1.82, 2.24) is 9.97 Å². The van der Waals surface area contributed by atoms with Gasteiger partial charge in [0.05, 0.1) is 17.5 Å². The van der Waals surface area contributed by atoms with Crippen LogP contribution in [0, 0.1) is 0 Å². The molecule has 4 nitrogen and oxygen atoms in total. The van der Waals surface area contributed by atoms with Gasteiger partial charge in [-0.3, -0.25) is 4.79 Å². The molecule has 0 atom stereocenters. The van der Waals surface area contributed by atoms with Crippen molar-refractivity contribution in [3.63, 3.8) is 0 Å². The molecule has 1 aromatic rings. The lowest BCUT2D eigenvalue weighted by Crippen LogP contribution is -1.93. The molecular weight excluding hydrogens is 188 g/mol. The third-order valence-electron chi connectivity index (χ3n) is 1.38. The van der Waals surface area contributed by atoms with Crippen LogP contribution in [0.4, 0.5) is 0 Å². The minimum absolute atomic E-state index is 0.151. The molecule has 0 amide bonds. The minimum atomic E-state index is 0.151. The van der Waals surface area contributed by atoms with Crippen molar-refractivity contribution in [2.75, 3.05) is 6.26 Å². The van der Waals surface area contributed by atoms with Gasteiger partial charge in [0.25, 0.3) is 0 Å². The minimum Gasteiger partial charge on any atom is -0.515 e. The normalized spacial score (nSPS) is 11.3. The number of hydrogen-bond donors (Lipinski definition) is 1. The van der Waals surface area contributed by atoms with Crippen molar-refractivity contribution < 1.29 is 9.90 Å². The largest absolute Gasteiger partial charge is 0.515 e. The zero-order valence-corrected chi connectivity index (χ0v) is 7.78. The van der Waals surface area contributed by atoms with E-state index in [-0.39, 0.29) is 5.57 Å². The van der Waals surface area contributed by atoms with Crippen LogP contribution in [-0.2, 0) is 4.79 Å². The van der Waals surface area contributed by atoms with E-state index >= 15 is 0 Å². The monoisotopic (exact) mass is 196 g/mol. The number of aliphatic hydroxyl groups is 1. The van der Waals surface area contributed by atoms with Crippen molar-refractivity contribution in [2.24, 2.45) is 0 Å². The summed E-state index contributed by atoms with van der Waals surface area (Å²) in [4.78, 5) is 18.4. The molecule has 1 N–H and O–H groups in total. The van der Waals surface area contributed by atoms with Crippen molar-refractivity contribution >= 4 is 23.6 Å². The van der Waals surface area contributed by atoms with Crippen LogP contribution in [0.2, 0.25) is 0 Å². The molecule has 0 saturated carbocycles. The van der Waals surface area contributed by atoms with Gasteiger partial charge in [0.2, 0.25) is 0 Å². The Kier molecular flexibility index (Phi) is 3.45. The number of hydrogen-bond acceptors (Lipinski definition) is 5. The predicted octanol–water partition coefficient (Wildman–Crippen LogP) is 1.30. The van der Waals surface area contributed by atoms with Crippen LogP contribution >= 0.6 is 11.8 Å². The van der Waals surface area contributed by atoms with Gasteiger partial charge < -0.3 is 5.11 Å². The van der Waals surface area contributed by atoms with E-state index in [0.717, 1.165) is 6.26 Å². The third-order valence-corrected chi connectivity index (χ3v) is 1.94. The zero-order chi connectivity index (χ0) is 9.68. The summed E-state index contributed by atoms with van der Waals surface area (Å²) in [7, 11) is 0. The summed E-state index contributed by atoms with van der Waals surface area (Å²) in [6, 6.07) is 1.57. The molecular formula is C8H8N2O2S. The molecule has 0 aliphatic heterocycles. The average Bonchev–Trinajstić information content (AvgIpc) is 2.20. The maximum atomic E-state index is 10.4. The lowest BCUT2D eigenvalue weighted by Gasteiger charge is -1.98. The lowest BCUT2D eigenvalue weighted by atomic mass is 10.2. The van der Waals surface area contributed by atoms with Crippen molar-refractivity contribution in [3.05, 3.63) is 24.2 Å². The molecule has 0 spiro atoms. The standard InChI is InChI=1S/C8H8N2O2S/c1-13-8-9-3-2-7(10-8)6(4-11)5-12/h2-5,11H,1H3/b6-4+. The quantitative estimate of drug-likeness (QED) is 0.259. The summed E-state index contributed by atoms with van der Waals surface area (Å²) >= 11 is 1.37. The Morgan fingerprint density at radius 3 is 3.00 bits per heavy atom. The van der Waals surface area contributed by atoms with E-state index < -0.39 is 0 Å². The Morgan fingerprint density at radius 2 is 2.46 bits per heavy atom. The van der Waals surface area contributed by atoms with Gasteiger partial charge in [-0.2, -0.15) is 0 Å². The highest BCUT2D eigenvalue weighted by Gasteiger charge is 2.03. The molecule has 0 bridgehead atoms. The maximum Gasteiger partial charge on any atom is 0.187 e. The highest BCUT2D eigenvalue weighted by atomic mass is 32.2. The van der Waals surface area contributed by atoms with Gasteiger partial charge in [0, 0.05) is 6.20 Å². The van der Waals surface area contributed by atoms with Gasteiger partial charge in [-0.15, -0.1) is 0 Å². The second kappa shape index (κ2) is 4.61. The Balaban J connectivity index is 3.07. The first-order valence-electron chi connectivity index (χ1n) is 3.48. The molecule has 0 aromatic carbocycles. The molecule has 68 valence electrons. The van der Waals surface area contributed by atoms with E-state index in [1.54, 1.807) is 12.3 Å². The second-order valence-corrected chi connectivity index (χ2v) is 2.90. The number of rotatable bonds is 3. The molecule has 1 heterocycles. The Bertz CT molecular complexity index is 339. The van der Waals surface area contributed by atoms with Crippen LogP contribution in [0.15, 0.2) is 23.7 Å². The van der Waals surface area contributed by atoms with Gasteiger partial charge in [-0.1, -0.05) is 11.8 Å². The van der Waals surface area contributed by atoms with Crippen LogP contribution in [0.25, 0.3) is 5.57 Å². The predicted molar refractivity (Wildman–Crippen MR) is 50.5 cm³/mol. The lowest BCUT2D eigenvalue weighted by molar-refractivity contribution is -0.103. The number of allylic oxidation sites excluding steroid dienone is 1. The van der Waals surface area contributed by atoms with Gasteiger partial charge in [-0.25, -0.2) is 9.97 Å². The van der Waals surface area contributed by atoms with Gasteiger partial charge in [0.1, 0.15) is 0 Å². The SMILES string of the molecule is CSc1nccc(/C(C=O)=C/O)n1. The van der Waals surface area contributed by atoms with E-state index in [9.17, 15) is 4.79 Å². The average molecular weight is 196 g/mol. The molecule has 5 heteroatoms. The topological polar surface area (TPSA) is 63.1 Å². The van der Waals surface area contributed by atoms with Gasteiger partial charge in [-0.05, 0) is 12.3 Å². The van der Waals surface area contributed by atoms with E-state index in [2.05, 4.69) is 9.97 Å². The summed E-state index contributed by atoms with van der Waals surface area (Å²) in [5, 5.41) is 9.25. The van der Waals surface area contributed by atoms with Gasteiger partial charge >= 0.3 is 0 Å².